The van der Waals surface area contributed by atoms with Gasteiger partial charge in [0.2, 0.25) is 0 Å². The fourth-order valence-corrected chi connectivity index (χ4v) is 5.32. The topological polar surface area (TPSA) is 74.8 Å². The molecule has 33 heavy (non-hydrogen) atoms. The van der Waals surface area contributed by atoms with Crippen LogP contribution in [0.3, 0.4) is 0 Å². The van der Waals surface area contributed by atoms with E-state index < -0.39 is 6.04 Å². The van der Waals surface area contributed by atoms with E-state index in [1.165, 1.54) is 11.3 Å². The van der Waals surface area contributed by atoms with Gasteiger partial charge in [-0.2, -0.15) is 0 Å². The van der Waals surface area contributed by atoms with E-state index in [-0.39, 0.29) is 11.8 Å². The molecule has 3 heterocycles. The van der Waals surface area contributed by atoms with Crippen LogP contribution in [0.2, 0.25) is 0 Å². The van der Waals surface area contributed by atoms with Gasteiger partial charge >= 0.3 is 0 Å². The zero-order valence-electron chi connectivity index (χ0n) is 18.5. The lowest BCUT2D eigenvalue weighted by atomic mass is 10.0. The van der Waals surface area contributed by atoms with Gasteiger partial charge in [0.05, 0.1) is 13.7 Å². The fraction of sp³-hybridized carbons (Fsp3) is 0.320. The van der Waals surface area contributed by atoms with E-state index in [0.29, 0.717) is 41.9 Å². The molecule has 2 amide bonds. The molecule has 0 aliphatic carbocycles. The SMILES string of the molecule is COc1ccc(CNc2nc3c(s2)C(=O)N2CCCCC2C(=O)N3Cc2ccccc2)cc1. The van der Waals surface area contributed by atoms with Crippen molar-refractivity contribution in [3.63, 3.8) is 0 Å². The van der Waals surface area contributed by atoms with Gasteiger partial charge in [-0.15, -0.1) is 0 Å². The number of benzene rings is 2. The number of ether oxygens (including phenoxy) is 1. The molecule has 0 spiro atoms. The summed E-state index contributed by atoms with van der Waals surface area (Å²) in [6.07, 6.45) is 2.58. The lowest BCUT2D eigenvalue weighted by Crippen LogP contribution is -2.50. The van der Waals surface area contributed by atoms with Crippen molar-refractivity contribution in [2.24, 2.45) is 0 Å². The summed E-state index contributed by atoms with van der Waals surface area (Å²) in [4.78, 5) is 35.8. The van der Waals surface area contributed by atoms with E-state index >= 15 is 0 Å². The molecule has 1 fully saturated rings. The Labute approximate surface area is 197 Å². The molecule has 8 heteroatoms. The maximum absolute atomic E-state index is 13.6. The number of rotatable bonds is 6. The van der Waals surface area contributed by atoms with Gasteiger partial charge in [0.1, 0.15) is 16.7 Å². The minimum absolute atomic E-state index is 0.0438. The Balaban J connectivity index is 1.45. The molecule has 170 valence electrons. The molecule has 0 bridgehead atoms. The minimum atomic E-state index is -0.410. The molecule has 0 radical (unpaired) electrons. The molecule has 1 unspecified atom stereocenters. The molecule has 0 saturated carbocycles. The summed E-state index contributed by atoms with van der Waals surface area (Å²) in [6.45, 7) is 1.57. The molecule has 1 saturated heterocycles. The maximum atomic E-state index is 13.6. The molecule has 2 aliphatic heterocycles. The number of fused-ring (bicyclic) bond motifs is 2. The van der Waals surface area contributed by atoms with Crippen molar-refractivity contribution in [3.05, 3.63) is 70.6 Å². The van der Waals surface area contributed by atoms with Crippen molar-refractivity contribution < 1.29 is 14.3 Å². The lowest BCUT2D eigenvalue weighted by molar-refractivity contribution is -0.124. The van der Waals surface area contributed by atoms with Gasteiger partial charge in [-0.3, -0.25) is 14.5 Å². The van der Waals surface area contributed by atoms with Gasteiger partial charge < -0.3 is 15.0 Å². The Bertz CT molecular complexity index is 1150. The highest BCUT2D eigenvalue weighted by atomic mass is 32.1. The summed E-state index contributed by atoms with van der Waals surface area (Å²) in [5.74, 6) is 1.13. The van der Waals surface area contributed by atoms with Gasteiger partial charge in [-0.25, -0.2) is 4.98 Å². The zero-order valence-corrected chi connectivity index (χ0v) is 19.3. The van der Waals surface area contributed by atoms with Crippen molar-refractivity contribution >= 4 is 34.1 Å². The zero-order chi connectivity index (χ0) is 22.8. The molecule has 3 aromatic rings. The van der Waals surface area contributed by atoms with Gasteiger partial charge in [-0.1, -0.05) is 53.8 Å². The third-order valence-corrected chi connectivity index (χ3v) is 7.15. The molecule has 2 aliphatic rings. The average Bonchev–Trinajstić information content (AvgIpc) is 3.27. The molecule has 7 nitrogen and oxygen atoms in total. The summed E-state index contributed by atoms with van der Waals surface area (Å²) in [5, 5.41) is 3.96. The first kappa shape index (κ1) is 21.5. The van der Waals surface area contributed by atoms with E-state index in [9.17, 15) is 9.59 Å². The largest absolute Gasteiger partial charge is 0.497 e. The number of hydrogen-bond acceptors (Lipinski definition) is 6. The molecule has 1 N–H and O–H groups in total. The van der Waals surface area contributed by atoms with E-state index in [1.54, 1.807) is 16.9 Å². The Morgan fingerprint density at radius 1 is 1.06 bits per heavy atom. The highest BCUT2D eigenvalue weighted by Crippen LogP contribution is 2.37. The third kappa shape index (κ3) is 4.30. The Morgan fingerprint density at radius 2 is 1.85 bits per heavy atom. The van der Waals surface area contributed by atoms with Crippen molar-refractivity contribution in [2.45, 2.75) is 38.4 Å². The van der Waals surface area contributed by atoms with Gasteiger partial charge in [-0.05, 0) is 42.5 Å². The minimum Gasteiger partial charge on any atom is -0.497 e. The Kier molecular flexibility index (Phi) is 6.00. The summed E-state index contributed by atoms with van der Waals surface area (Å²) >= 11 is 1.32. The third-order valence-electron chi connectivity index (χ3n) is 6.16. The second-order valence-electron chi connectivity index (χ2n) is 8.29. The smallest absolute Gasteiger partial charge is 0.268 e. The summed E-state index contributed by atoms with van der Waals surface area (Å²) in [6, 6.07) is 17.2. The standard InChI is InChI=1S/C25H26N4O3S/c1-32-19-12-10-17(11-13-19)15-26-25-27-22-21(33-25)24(31)28-14-6-5-9-20(28)23(30)29(22)16-18-7-3-2-4-8-18/h2-4,7-8,10-13,20H,5-6,9,14-16H2,1H3,(H,26,27). The van der Waals surface area contributed by atoms with Crippen LogP contribution in [0.5, 0.6) is 5.75 Å². The van der Waals surface area contributed by atoms with Crippen molar-refractivity contribution in [1.29, 1.82) is 0 Å². The number of nitrogens with zero attached hydrogens (tertiary/aromatic N) is 3. The first-order valence-corrected chi connectivity index (χ1v) is 12.0. The van der Waals surface area contributed by atoms with E-state index in [1.807, 2.05) is 54.6 Å². The number of carbonyl (C=O) groups is 2. The number of methoxy groups -OCH3 is 1. The molecule has 1 atom stereocenters. The number of nitrogens with one attached hydrogen (secondary N) is 1. The van der Waals surface area contributed by atoms with Gasteiger partial charge in [0.25, 0.3) is 11.8 Å². The number of carbonyl (C=O) groups excluding carboxylic acids is 2. The summed E-state index contributed by atoms with van der Waals surface area (Å²) in [7, 11) is 1.64. The second kappa shape index (κ2) is 9.23. The quantitative estimate of drug-likeness (QED) is 0.591. The van der Waals surface area contributed by atoms with Crippen molar-refractivity contribution in [3.8, 4) is 5.75 Å². The number of aromatic nitrogens is 1. The van der Waals surface area contributed by atoms with Crippen LogP contribution in [-0.2, 0) is 17.9 Å². The summed E-state index contributed by atoms with van der Waals surface area (Å²) in [5.41, 5.74) is 2.08. The highest BCUT2D eigenvalue weighted by molar-refractivity contribution is 7.18. The molecular weight excluding hydrogens is 436 g/mol. The average molecular weight is 463 g/mol. The summed E-state index contributed by atoms with van der Waals surface area (Å²) < 4.78 is 5.21. The van der Waals surface area contributed by atoms with Gasteiger partial charge in [0, 0.05) is 13.1 Å². The fourth-order valence-electron chi connectivity index (χ4n) is 4.40. The predicted octanol–water partition coefficient (Wildman–Crippen LogP) is 4.31. The van der Waals surface area contributed by atoms with Crippen LogP contribution in [-0.4, -0.2) is 41.4 Å². The number of amides is 2. The van der Waals surface area contributed by atoms with Crippen LogP contribution in [0, 0.1) is 0 Å². The maximum Gasteiger partial charge on any atom is 0.268 e. The first-order valence-electron chi connectivity index (χ1n) is 11.2. The van der Waals surface area contributed by atoms with E-state index in [4.69, 9.17) is 9.72 Å². The molecular formula is C25H26N4O3S. The van der Waals surface area contributed by atoms with Crippen LogP contribution in [0.25, 0.3) is 0 Å². The number of thiazole rings is 1. The lowest BCUT2D eigenvalue weighted by Gasteiger charge is -2.34. The Morgan fingerprint density at radius 3 is 2.61 bits per heavy atom. The predicted molar refractivity (Wildman–Crippen MR) is 129 cm³/mol. The van der Waals surface area contributed by atoms with Crippen molar-refractivity contribution in [1.82, 2.24) is 9.88 Å². The number of hydrogen-bond donors (Lipinski definition) is 1. The second-order valence-corrected chi connectivity index (χ2v) is 9.29. The Hall–Kier alpha value is -3.39. The van der Waals surface area contributed by atoms with Gasteiger partial charge in [0.15, 0.2) is 10.9 Å². The monoisotopic (exact) mass is 462 g/mol. The van der Waals surface area contributed by atoms with Crippen LogP contribution in [0.1, 0.15) is 40.1 Å². The van der Waals surface area contributed by atoms with Crippen LogP contribution < -0.4 is 15.0 Å². The van der Waals surface area contributed by atoms with Crippen LogP contribution in [0.4, 0.5) is 10.9 Å². The van der Waals surface area contributed by atoms with Crippen LogP contribution in [0.15, 0.2) is 54.6 Å². The molecule has 5 rings (SSSR count). The first-order chi connectivity index (χ1) is 16.1. The van der Waals surface area contributed by atoms with E-state index in [0.717, 1.165) is 29.7 Å². The number of piperidine rings is 1. The molecule has 1 aromatic heterocycles. The number of anilines is 2. The molecule has 2 aromatic carbocycles. The van der Waals surface area contributed by atoms with Crippen LogP contribution >= 0.6 is 11.3 Å². The highest BCUT2D eigenvalue weighted by Gasteiger charge is 2.42. The van der Waals surface area contributed by atoms with Crippen molar-refractivity contribution in [2.75, 3.05) is 23.9 Å². The normalized spacial score (nSPS) is 17.9. The van der Waals surface area contributed by atoms with E-state index in [2.05, 4.69) is 5.32 Å².